The third-order valence-corrected chi connectivity index (χ3v) is 6.60. The maximum Gasteiger partial charge on any atom is 0.416 e. The third-order valence-electron chi connectivity index (χ3n) is 5.53. The topological polar surface area (TPSA) is 21.3 Å². The second-order valence-electron chi connectivity index (χ2n) is 7.76. The Bertz CT molecular complexity index is 844. The van der Waals surface area contributed by atoms with E-state index in [2.05, 4.69) is 27.9 Å². The molecule has 0 radical (unpaired) electrons. The number of ether oxygens (including phenoxy) is 1. The largest absolute Gasteiger partial charge is 0.416 e. The van der Waals surface area contributed by atoms with Crippen molar-refractivity contribution < 1.29 is 31.1 Å². The highest BCUT2D eigenvalue weighted by Crippen LogP contribution is 2.39. The first-order chi connectivity index (χ1) is 14.4. The van der Waals surface area contributed by atoms with Crippen LogP contribution < -0.4 is 5.32 Å². The van der Waals surface area contributed by atoms with E-state index in [-0.39, 0.29) is 18.2 Å². The van der Waals surface area contributed by atoms with E-state index in [0.29, 0.717) is 3.92 Å². The fourth-order valence-corrected chi connectivity index (χ4v) is 4.22. The molecule has 0 aromatic heterocycles. The number of nitrogens with one attached hydrogen (secondary N) is 1. The molecule has 2 aromatic carbocycles. The van der Waals surface area contributed by atoms with Crippen LogP contribution in [0, 0.1) is 0 Å². The summed E-state index contributed by atoms with van der Waals surface area (Å²) in [5.41, 5.74) is -2.41. The molecular formula is C22H22F6INO. The van der Waals surface area contributed by atoms with E-state index >= 15 is 0 Å². The lowest BCUT2D eigenvalue weighted by Crippen LogP contribution is -2.52. The third kappa shape index (κ3) is 5.92. The molecule has 1 heterocycles. The van der Waals surface area contributed by atoms with Gasteiger partial charge in [0.05, 0.1) is 29.4 Å². The van der Waals surface area contributed by atoms with Gasteiger partial charge in [-0.25, -0.2) is 0 Å². The maximum absolute atomic E-state index is 13.2. The van der Waals surface area contributed by atoms with Gasteiger partial charge in [-0.05, 0) is 49.1 Å². The van der Waals surface area contributed by atoms with Gasteiger partial charge in [-0.2, -0.15) is 26.3 Å². The Morgan fingerprint density at radius 1 is 1.03 bits per heavy atom. The molecule has 3 atom stereocenters. The standard InChI is InChI=1S/C22H22F6INO/c1-14(15-9-17(21(23,24)25)11-18(10-15)22(26,27)28)31-13-20(8-7-19(29)12-30-20)16-5-3-2-4-6-16/h2-6,9-11,14,19,30H,7-8,12-13H2,1H3/t14-,19?,20-/m1/s1. The zero-order valence-corrected chi connectivity index (χ0v) is 18.8. The second kappa shape index (κ2) is 9.27. The normalized spacial score (nSPS) is 23.5. The van der Waals surface area contributed by atoms with Crippen LogP contribution in [0.2, 0.25) is 0 Å². The molecule has 1 unspecified atom stereocenters. The zero-order chi connectivity index (χ0) is 22.9. The highest BCUT2D eigenvalue weighted by molar-refractivity contribution is 14.1. The molecule has 3 rings (SSSR count). The van der Waals surface area contributed by atoms with Crippen molar-refractivity contribution in [2.75, 3.05) is 13.2 Å². The molecule has 31 heavy (non-hydrogen) atoms. The number of rotatable bonds is 5. The average Bonchev–Trinajstić information content (AvgIpc) is 2.72. The van der Waals surface area contributed by atoms with Gasteiger partial charge in [0.25, 0.3) is 0 Å². The summed E-state index contributed by atoms with van der Waals surface area (Å²) in [6, 6.07) is 11.1. The van der Waals surface area contributed by atoms with E-state index in [4.69, 9.17) is 4.74 Å². The SMILES string of the molecule is C[C@@H](OC[C@@]1(c2ccccc2)CCC(I)CN1)c1cc(C(F)(F)F)cc(C(F)(F)F)c1. The van der Waals surface area contributed by atoms with Crippen LogP contribution in [0.1, 0.15) is 48.1 Å². The summed E-state index contributed by atoms with van der Waals surface area (Å²) in [5.74, 6) is 0. The van der Waals surface area contributed by atoms with Gasteiger partial charge in [-0.3, -0.25) is 0 Å². The molecule has 1 aliphatic rings. The van der Waals surface area contributed by atoms with Gasteiger partial charge in [0, 0.05) is 10.5 Å². The quantitative estimate of drug-likeness (QED) is 0.246. The second-order valence-corrected chi connectivity index (χ2v) is 9.52. The van der Waals surface area contributed by atoms with E-state index in [1.165, 1.54) is 6.92 Å². The highest BCUT2D eigenvalue weighted by atomic mass is 127. The molecule has 2 aromatic rings. The van der Waals surface area contributed by atoms with Crippen LogP contribution in [0.4, 0.5) is 26.3 Å². The number of alkyl halides is 7. The van der Waals surface area contributed by atoms with E-state index in [0.717, 1.165) is 37.1 Å². The van der Waals surface area contributed by atoms with Crippen molar-refractivity contribution >= 4 is 22.6 Å². The van der Waals surface area contributed by atoms with Crippen LogP contribution in [0.15, 0.2) is 48.5 Å². The predicted octanol–water partition coefficient (Wildman–Crippen LogP) is 6.88. The van der Waals surface area contributed by atoms with E-state index in [9.17, 15) is 26.3 Å². The Labute approximate surface area is 190 Å². The van der Waals surface area contributed by atoms with Crippen molar-refractivity contribution in [2.45, 2.75) is 47.7 Å². The van der Waals surface area contributed by atoms with E-state index in [1.807, 2.05) is 30.3 Å². The Hall–Kier alpha value is -1.33. The summed E-state index contributed by atoms with van der Waals surface area (Å²) in [6.07, 6.45) is -9.07. The number of benzene rings is 2. The van der Waals surface area contributed by atoms with E-state index < -0.39 is 35.1 Å². The number of piperidine rings is 1. The van der Waals surface area contributed by atoms with Crippen LogP contribution in [0.3, 0.4) is 0 Å². The number of hydrogen-bond donors (Lipinski definition) is 1. The van der Waals surface area contributed by atoms with Crippen LogP contribution in [0.25, 0.3) is 0 Å². The minimum Gasteiger partial charge on any atom is -0.372 e. The minimum atomic E-state index is -4.89. The van der Waals surface area contributed by atoms with Gasteiger partial charge in [0.2, 0.25) is 0 Å². The van der Waals surface area contributed by atoms with Crippen molar-refractivity contribution in [1.82, 2.24) is 5.32 Å². The molecule has 0 saturated carbocycles. The Balaban J connectivity index is 1.87. The molecule has 0 bridgehead atoms. The molecule has 0 spiro atoms. The lowest BCUT2D eigenvalue weighted by molar-refractivity contribution is -0.143. The van der Waals surface area contributed by atoms with Crippen LogP contribution in [-0.4, -0.2) is 17.1 Å². The minimum absolute atomic E-state index is 0.124. The first-order valence-electron chi connectivity index (χ1n) is 9.76. The van der Waals surface area contributed by atoms with E-state index in [1.54, 1.807) is 0 Å². The molecule has 1 aliphatic heterocycles. The Morgan fingerprint density at radius 3 is 2.10 bits per heavy atom. The first kappa shape index (κ1) is 24.3. The fourth-order valence-electron chi connectivity index (χ4n) is 3.69. The summed E-state index contributed by atoms with van der Waals surface area (Å²) in [5, 5.41) is 3.48. The molecular weight excluding hydrogens is 535 g/mol. The smallest absolute Gasteiger partial charge is 0.372 e. The van der Waals surface area contributed by atoms with Gasteiger partial charge in [-0.1, -0.05) is 52.9 Å². The Kier molecular flexibility index (Phi) is 7.27. The van der Waals surface area contributed by atoms with Gasteiger partial charge >= 0.3 is 12.4 Å². The maximum atomic E-state index is 13.2. The van der Waals surface area contributed by atoms with Crippen LogP contribution >= 0.6 is 22.6 Å². The van der Waals surface area contributed by atoms with Crippen LogP contribution in [-0.2, 0) is 22.6 Å². The molecule has 1 saturated heterocycles. The van der Waals surface area contributed by atoms with Crippen molar-refractivity contribution in [3.8, 4) is 0 Å². The lowest BCUT2D eigenvalue weighted by atomic mass is 9.83. The monoisotopic (exact) mass is 557 g/mol. The molecule has 0 amide bonds. The van der Waals surface area contributed by atoms with Crippen molar-refractivity contribution in [3.63, 3.8) is 0 Å². The number of halogens is 7. The van der Waals surface area contributed by atoms with Crippen molar-refractivity contribution in [1.29, 1.82) is 0 Å². The predicted molar refractivity (Wildman–Crippen MR) is 114 cm³/mol. The first-order valence-corrected chi connectivity index (χ1v) is 11.0. The summed E-state index contributed by atoms with van der Waals surface area (Å²) in [4.78, 5) is 0. The van der Waals surface area contributed by atoms with Crippen molar-refractivity contribution in [2.24, 2.45) is 0 Å². The van der Waals surface area contributed by atoms with Crippen molar-refractivity contribution in [3.05, 3.63) is 70.8 Å². The van der Waals surface area contributed by atoms with Gasteiger partial charge in [0.15, 0.2) is 0 Å². The van der Waals surface area contributed by atoms with Gasteiger partial charge in [0.1, 0.15) is 0 Å². The molecule has 1 N–H and O–H groups in total. The Morgan fingerprint density at radius 2 is 1.61 bits per heavy atom. The molecule has 1 fully saturated rings. The summed E-state index contributed by atoms with van der Waals surface area (Å²) >= 11 is 2.35. The molecule has 2 nitrogen and oxygen atoms in total. The fraction of sp³-hybridized carbons (Fsp3) is 0.455. The summed E-state index contributed by atoms with van der Waals surface area (Å²) < 4.78 is 85.4. The summed E-state index contributed by atoms with van der Waals surface area (Å²) in [6.45, 7) is 2.33. The molecule has 0 aliphatic carbocycles. The number of hydrogen-bond acceptors (Lipinski definition) is 2. The van der Waals surface area contributed by atoms with Crippen LogP contribution in [0.5, 0.6) is 0 Å². The molecule has 9 heteroatoms. The lowest BCUT2D eigenvalue weighted by Gasteiger charge is -2.41. The summed E-state index contributed by atoms with van der Waals surface area (Å²) in [7, 11) is 0. The zero-order valence-electron chi connectivity index (χ0n) is 16.7. The average molecular weight is 557 g/mol. The highest BCUT2D eigenvalue weighted by Gasteiger charge is 2.39. The molecule has 170 valence electrons. The van der Waals surface area contributed by atoms with Gasteiger partial charge < -0.3 is 10.1 Å². The van der Waals surface area contributed by atoms with Gasteiger partial charge in [-0.15, -0.1) is 0 Å².